The molecule has 11 heteroatoms. The first-order valence-electron chi connectivity index (χ1n) is 10.9. The number of nitrogens with zero attached hydrogens (tertiary/aromatic N) is 6. The van der Waals surface area contributed by atoms with Gasteiger partial charge in [0.25, 0.3) is 11.4 Å². The lowest BCUT2D eigenvalue weighted by atomic mass is 10.2. The van der Waals surface area contributed by atoms with Gasteiger partial charge in [0.2, 0.25) is 11.7 Å². The van der Waals surface area contributed by atoms with E-state index in [9.17, 15) is 9.59 Å². The largest absolute Gasteiger partial charge is 0.350 e. The minimum atomic E-state index is -0.333. The fourth-order valence-electron chi connectivity index (χ4n) is 4.04. The van der Waals surface area contributed by atoms with Gasteiger partial charge in [-0.1, -0.05) is 46.8 Å². The van der Waals surface area contributed by atoms with E-state index >= 15 is 0 Å². The van der Waals surface area contributed by atoms with Crippen molar-refractivity contribution in [3.05, 3.63) is 52.1 Å². The van der Waals surface area contributed by atoms with Gasteiger partial charge in [-0.15, -0.1) is 0 Å². The Labute approximate surface area is 193 Å². The van der Waals surface area contributed by atoms with Crippen LogP contribution < -0.4 is 15.8 Å². The monoisotopic (exact) mass is 465 g/mol. The number of fused-ring (bicyclic) bond motifs is 1. The van der Waals surface area contributed by atoms with Crippen LogP contribution in [0.4, 0.5) is 5.13 Å². The Morgan fingerprint density at radius 2 is 2.06 bits per heavy atom. The van der Waals surface area contributed by atoms with Crippen LogP contribution in [0.25, 0.3) is 22.1 Å². The number of hydrogen-bond donors (Lipinski definition) is 1. The molecule has 10 nitrogen and oxygen atoms in total. The first-order chi connectivity index (χ1) is 16.0. The van der Waals surface area contributed by atoms with Crippen molar-refractivity contribution in [1.29, 1.82) is 0 Å². The molecule has 5 rings (SSSR count). The zero-order valence-electron chi connectivity index (χ0n) is 18.3. The third-order valence-electron chi connectivity index (χ3n) is 5.65. The average Bonchev–Trinajstić information content (AvgIpc) is 3.57. The summed E-state index contributed by atoms with van der Waals surface area (Å²) in [6.07, 6.45) is 1.61. The van der Waals surface area contributed by atoms with Crippen LogP contribution in [-0.2, 0) is 17.9 Å². The van der Waals surface area contributed by atoms with Crippen molar-refractivity contribution in [3.63, 3.8) is 0 Å². The fraction of sp³-hybridized carbons (Fsp3) is 0.364. The quantitative estimate of drug-likeness (QED) is 0.461. The van der Waals surface area contributed by atoms with Gasteiger partial charge in [-0.05, 0) is 32.3 Å². The van der Waals surface area contributed by atoms with E-state index in [2.05, 4.69) is 25.4 Å². The molecule has 1 fully saturated rings. The lowest BCUT2D eigenvalue weighted by Crippen LogP contribution is -2.43. The highest BCUT2D eigenvalue weighted by Crippen LogP contribution is 2.32. The number of aryl methyl sites for hydroxylation is 1. The molecular formula is C22H23N7O3S. The predicted octanol–water partition coefficient (Wildman–Crippen LogP) is 2.52. The van der Waals surface area contributed by atoms with Crippen molar-refractivity contribution in [2.24, 2.45) is 0 Å². The van der Waals surface area contributed by atoms with E-state index in [4.69, 9.17) is 4.52 Å². The fourth-order valence-corrected chi connectivity index (χ4v) is 5.04. The number of amides is 1. The smallest absolute Gasteiger partial charge is 0.294 e. The summed E-state index contributed by atoms with van der Waals surface area (Å²) in [5, 5.41) is 7.45. The molecule has 1 aliphatic rings. The summed E-state index contributed by atoms with van der Waals surface area (Å²) < 4.78 is 6.73. The zero-order chi connectivity index (χ0) is 22.9. The normalized spacial score (nSPS) is 15.9. The van der Waals surface area contributed by atoms with Crippen molar-refractivity contribution in [2.75, 3.05) is 11.4 Å². The van der Waals surface area contributed by atoms with E-state index in [1.165, 1.54) is 15.9 Å². The number of benzene rings is 1. The van der Waals surface area contributed by atoms with Crippen LogP contribution >= 0.6 is 11.3 Å². The van der Waals surface area contributed by atoms with Crippen molar-refractivity contribution in [1.82, 2.24) is 30.0 Å². The molecule has 4 aromatic rings. The van der Waals surface area contributed by atoms with Gasteiger partial charge < -0.3 is 14.7 Å². The molecule has 3 aromatic heterocycles. The van der Waals surface area contributed by atoms with E-state index in [-0.39, 0.29) is 28.9 Å². The summed E-state index contributed by atoms with van der Waals surface area (Å²) in [7, 11) is 0. The molecule has 0 unspecified atom stereocenters. The van der Waals surface area contributed by atoms with E-state index in [1.54, 1.807) is 6.92 Å². The first kappa shape index (κ1) is 21.3. The van der Waals surface area contributed by atoms with Gasteiger partial charge in [0.05, 0.1) is 0 Å². The zero-order valence-corrected chi connectivity index (χ0v) is 19.1. The number of carbonyl (C=O) groups excluding carboxylic acids is 1. The van der Waals surface area contributed by atoms with Crippen LogP contribution in [0.2, 0.25) is 0 Å². The summed E-state index contributed by atoms with van der Waals surface area (Å²) in [5.74, 6) is 0.942. The standard InChI is InChI=1S/C22H23N7O3S/c1-3-28-17(19-24-13(2)27-32-19)26-20-16(21(28)31)25-22(33-20)29-11-7-10-15(29)18(30)23-12-14-8-5-4-6-9-14/h4-6,8-9,15H,3,7,10-12H2,1-2H3,(H,23,30)/t15-/m1/s1. The highest BCUT2D eigenvalue weighted by molar-refractivity contribution is 7.21. The van der Waals surface area contributed by atoms with Crippen molar-refractivity contribution >= 4 is 32.7 Å². The van der Waals surface area contributed by atoms with Gasteiger partial charge >= 0.3 is 0 Å². The van der Waals surface area contributed by atoms with Crippen LogP contribution in [0.1, 0.15) is 31.2 Å². The molecule has 0 saturated carbocycles. The van der Waals surface area contributed by atoms with Crippen LogP contribution in [0.3, 0.4) is 0 Å². The molecule has 4 heterocycles. The molecule has 1 atom stereocenters. The van der Waals surface area contributed by atoms with E-state index in [1.807, 2.05) is 42.2 Å². The summed E-state index contributed by atoms with van der Waals surface area (Å²) >= 11 is 1.30. The van der Waals surface area contributed by atoms with E-state index in [0.29, 0.717) is 41.2 Å². The number of thiazole rings is 1. The second-order valence-corrected chi connectivity index (χ2v) is 8.79. The highest BCUT2D eigenvalue weighted by atomic mass is 32.1. The van der Waals surface area contributed by atoms with Crippen molar-refractivity contribution < 1.29 is 9.32 Å². The minimum absolute atomic E-state index is 0.0449. The minimum Gasteiger partial charge on any atom is -0.350 e. The van der Waals surface area contributed by atoms with Crippen LogP contribution in [-0.4, -0.2) is 43.2 Å². The Bertz CT molecular complexity index is 1360. The second kappa shape index (κ2) is 8.74. The topological polar surface area (TPSA) is 119 Å². The maximum atomic E-state index is 13.1. The Balaban J connectivity index is 1.45. The summed E-state index contributed by atoms with van der Waals surface area (Å²) in [4.78, 5) is 42.0. The summed E-state index contributed by atoms with van der Waals surface area (Å²) in [5.41, 5.74) is 1.07. The lowest BCUT2D eigenvalue weighted by Gasteiger charge is -2.23. The maximum absolute atomic E-state index is 13.1. The van der Waals surface area contributed by atoms with Gasteiger partial charge in [0.1, 0.15) is 6.04 Å². The third kappa shape index (κ3) is 3.99. The van der Waals surface area contributed by atoms with Gasteiger partial charge in [-0.2, -0.15) is 4.98 Å². The lowest BCUT2D eigenvalue weighted by molar-refractivity contribution is -0.122. The molecule has 1 saturated heterocycles. The number of nitrogens with one attached hydrogen (secondary N) is 1. The molecule has 1 amide bonds. The van der Waals surface area contributed by atoms with E-state index < -0.39 is 0 Å². The molecule has 33 heavy (non-hydrogen) atoms. The number of carbonyl (C=O) groups is 1. The molecule has 0 bridgehead atoms. The Morgan fingerprint density at radius 1 is 1.24 bits per heavy atom. The SMILES string of the molecule is CCn1c(-c2nc(C)no2)nc2sc(N3CCC[C@@H]3C(=O)NCc3ccccc3)nc2c1=O. The molecule has 1 aromatic carbocycles. The molecule has 0 spiro atoms. The molecule has 170 valence electrons. The van der Waals surface area contributed by atoms with Crippen molar-refractivity contribution in [2.45, 2.75) is 45.8 Å². The number of aromatic nitrogens is 5. The second-order valence-electron chi connectivity index (χ2n) is 7.84. The van der Waals surface area contributed by atoms with Gasteiger partial charge in [-0.3, -0.25) is 14.2 Å². The van der Waals surface area contributed by atoms with Gasteiger partial charge in [0, 0.05) is 19.6 Å². The summed E-state index contributed by atoms with van der Waals surface area (Å²) in [6.45, 7) is 5.11. The van der Waals surface area contributed by atoms with E-state index in [0.717, 1.165) is 18.4 Å². The van der Waals surface area contributed by atoms with Crippen molar-refractivity contribution in [3.8, 4) is 11.7 Å². The van der Waals surface area contributed by atoms with Crippen LogP contribution in [0.5, 0.6) is 0 Å². The Hall–Kier alpha value is -3.60. The number of anilines is 1. The van der Waals surface area contributed by atoms with Crippen LogP contribution in [0, 0.1) is 6.92 Å². The molecule has 1 aliphatic heterocycles. The Kier molecular flexibility index (Phi) is 5.63. The maximum Gasteiger partial charge on any atom is 0.294 e. The number of hydrogen-bond acceptors (Lipinski definition) is 9. The third-order valence-corrected chi connectivity index (χ3v) is 6.64. The average molecular weight is 466 g/mol. The summed E-state index contributed by atoms with van der Waals surface area (Å²) in [6, 6.07) is 9.47. The predicted molar refractivity (Wildman–Crippen MR) is 124 cm³/mol. The van der Waals surface area contributed by atoms with Gasteiger partial charge in [-0.25, -0.2) is 9.97 Å². The Morgan fingerprint density at radius 3 is 2.79 bits per heavy atom. The van der Waals surface area contributed by atoms with Crippen LogP contribution in [0.15, 0.2) is 39.6 Å². The molecule has 1 N–H and O–H groups in total. The molecule has 0 aliphatic carbocycles. The molecule has 0 radical (unpaired) electrons. The highest BCUT2D eigenvalue weighted by Gasteiger charge is 2.33. The molecular weight excluding hydrogens is 442 g/mol. The number of rotatable bonds is 6. The first-order valence-corrected chi connectivity index (χ1v) is 11.7. The van der Waals surface area contributed by atoms with Gasteiger partial charge in [0.15, 0.2) is 21.3 Å².